The molecule has 0 N–H and O–H groups in total. The smallest absolute Gasteiger partial charge is 0.225 e. The second kappa shape index (κ2) is 8.54. The molecule has 0 aliphatic carbocycles. The average Bonchev–Trinajstić information content (AvgIpc) is 2.84. The Labute approximate surface area is 162 Å². The van der Waals surface area contributed by atoms with Gasteiger partial charge in [-0.3, -0.25) is 9.69 Å². The van der Waals surface area contributed by atoms with Gasteiger partial charge in [0, 0.05) is 52.4 Å². The molecule has 0 saturated carbocycles. The zero-order valence-corrected chi connectivity index (χ0v) is 17.0. The normalized spacial score (nSPS) is 24.3. The van der Waals surface area contributed by atoms with E-state index in [0.717, 1.165) is 25.5 Å². The van der Waals surface area contributed by atoms with Crippen LogP contribution in [0.2, 0.25) is 0 Å². The van der Waals surface area contributed by atoms with Crippen molar-refractivity contribution in [1.29, 1.82) is 0 Å². The van der Waals surface area contributed by atoms with Crippen LogP contribution in [-0.4, -0.2) is 86.4 Å². The van der Waals surface area contributed by atoms with E-state index in [0.29, 0.717) is 32.9 Å². The number of ether oxygens (including phenoxy) is 2. The van der Waals surface area contributed by atoms with Gasteiger partial charge < -0.3 is 19.3 Å². The van der Waals surface area contributed by atoms with E-state index in [1.54, 1.807) is 0 Å². The molecule has 2 aliphatic heterocycles. The second-order valence-electron chi connectivity index (χ2n) is 8.13. The van der Waals surface area contributed by atoms with Crippen molar-refractivity contribution < 1.29 is 14.3 Å². The lowest BCUT2D eigenvalue weighted by atomic mass is 10.0. The van der Waals surface area contributed by atoms with E-state index < -0.39 is 5.60 Å². The van der Waals surface area contributed by atoms with Crippen LogP contribution in [0.5, 0.6) is 0 Å². The fraction of sp³-hybridized carbons (Fsp3) is 0.700. The monoisotopic (exact) mass is 376 g/mol. The summed E-state index contributed by atoms with van der Waals surface area (Å²) in [7, 11) is 3.98. The summed E-state index contributed by atoms with van der Waals surface area (Å²) in [6.07, 6.45) is 1.94. The molecule has 1 aromatic heterocycles. The van der Waals surface area contributed by atoms with Crippen molar-refractivity contribution in [2.75, 3.05) is 65.0 Å². The number of carbonyl (C=O) groups is 1. The Kier molecular flexibility index (Phi) is 6.34. The molecular weight excluding hydrogens is 344 g/mol. The molecule has 150 valence electrons. The van der Waals surface area contributed by atoms with E-state index in [2.05, 4.69) is 16.0 Å². The summed E-state index contributed by atoms with van der Waals surface area (Å²) in [6, 6.07) is 4.17. The molecule has 3 rings (SSSR count). The minimum absolute atomic E-state index is 0.0128. The van der Waals surface area contributed by atoms with Crippen molar-refractivity contribution >= 4 is 11.7 Å². The third-order valence-electron chi connectivity index (χ3n) is 5.16. The van der Waals surface area contributed by atoms with Gasteiger partial charge in [0.05, 0.1) is 26.4 Å². The van der Waals surface area contributed by atoms with Crippen molar-refractivity contribution in [3.8, 4) is 0 Å². The summed E-state index contributed by atoms with van der Waals surface area (Å²) in [4.78, 5) is 23.3. The molecule has 1 aromatic rings. The van der Waals surface area contributed by atoms with Crippen LogP contribution in [-0.2, 0) is 20.8 Å². The number of hydrogen-bond donors (Lipinski definition) is 0. The number of rotatable bonds is 4. The first-order valence-corrected chi connectivity index (χ1v) is 9.74. The molecule has 27 heavy (non-hydrogen) atoms. The molecule has 2 saturated heterocycles. The van der Waals surface area contributed by atoms with Gasteiger partial charge in [0.1, 0.15) is 11.4 Å². The van der Waals surface area contributed by atoms with Crippen molar-refractivity contribution in [1.82, 2.24) is 14.8 Å². The number of anilines is 1. The standard InChI is InChI=1S/C20H32N4O3/c1-16(2)19(25)24-8-9-26-15-20(14-24)13-23(7-10-27-20)12-17-5-6-18(21-11-17)22(3)4/h5-6,11,16H,7-10,12-15H2,1-4H3/t20-/m1/s1. The van der Waals surface area contributed by atoms with Crippen LogP contribution in [0.1, 0.15) is 19.4 Å². The molecule has 3 heterocycles. The molecule has 0 unspecified atom stereocenters. The lowest BCUT2D eigenvalue weighted by Crippen LogP contribution is -2.59. The zero-order chi connectivity index (χ0) is 19.4. The van der Waals surface area contributed by atoms with E-state index in [1.807, 2.05) is 50.0 Å². The van der Waals surface area contributed by atoms with Gasteiger partial charge in [0.25, 0.3) is 0 Å². The van der Waals surface area contributed by atoms with Crippen molar-refractivity contribution in [3.63, 3.8) is 0 Å². The van der Waals surface area contributed by atoms with Crippen LogP contribution >= 0.6 is 0 Å². The Balaban J connectivity index is 1.67. The topological polar surface area (TPSA) is 58.1 Å². The first kappa shape index (κ1) is 20.0. The van der Waals surface area contributed by atoms with Crippen LogP contribution in [0.4, 0.5) is 5.82 Å². The molecule has 0 radical (unpaired) electrons. The van der Waals surface area contributed by atoms with E-state index in [4.69, 9.17) is 9.47 Å². The van der Waals surface area contributed by atoms with E-state index in [9.17, 15) is 4.79 Å². The summed E-state index contributed by atoms with van der Waals surface area (Å²) in [5.41, 5.74) is 0.735. The second-order valence-corrected chi connectivity index (χ2v) is 8.13. The molecular formula is C20H32N4O3. The molecule has 1 atom stereocenters. The third-order valence-corrected chi connectivity index (χ3v) is 5.16. The predicted octanol–water partition coefficient (Wildman–Crippen LogP) is 1.23. The molecule has 7 nitrogen and oxygen atoms in total. The highest BCUT2D eigenvalue weighted by atomic mass is 16.5. The minimum atomic E-state index is -0.448. The highest BCUT2D eigenvalue weighted by Gasteiger charge is 2.41. The predicted molar refractivity (Wildman–Crippen MR) is 105 cm³/mol. The number of carbonyl (C=O) groups excluding carboxylic acids is 1. The Morgan fingerprint density at radius 2 is 2.07 bits per heavy atom. The van der Waals surface area contributed by atoms with Crippen molar-refractivity contribution in [2.45, 2.75) is 26.0 Å². The highest BCUT2D eigenvalue weighted by Crippen LogP contribution is 2.24. The lowest BCUT2D eigenvalue weighted by molar-refractivity contribution is -0.153. The summed E-state index contributed by atoms with van der Waals surface area (Å²) in [5, 5.41) is 0. The van der Waals surface area contributed by atoms with E-state index >= 15 is 0 Å². The van der Waals surface area contributed by atoms with Crippen LogP contribution in [0.3, 0.4) is 0 Å². The number of pyridine rings is 1. The summed E-state index contributed by atoms with van der Waals surface area (Å²) in [6.45, 7) is 9.32. The molecule has 0 aromatic carbocycles. The minimum Gasteiger partial charge on any atom is -0.376 e. The third kappa shape index (κ3) is 4.97. The quantitative estimate of drug-likeness (QED) is 0.788. The van der Waals surface area contributed by atoms with Gasteiger partial charge in [0.2, 0.25) is 5.91 Å². The van der Waals surface area contributed by atoms with Gasteiger partial charge in [-0.05, 0) is 11.6 Å². The van der Waals surface area contributed by atoms with Gasteiger partial charge in [-0.15, -0.1) is 0 Å². The zero-order valence-electron chi connectivity index (χ0n) is 17.0. The number of nitrogens with zero attached hydrogens (tertiary/aromatic N) is 4. The number of hydrogen-bond acceptors (Lipinski definition) is 6. The SMILES string of the molecule is CC(C)C(=O)N1CCOC[C@@]2(CN(Cc3ccc(N(C)C)nc3)CCO2)C1. The summed E-state index contributed by atoms with van der Waals surface area (Å²) >= 11 is 0. The summed E-state index contributed by atoms with van der Waals surface area (Å²) < 4.78 is 12.0. The van der Waals surface area contributed by atoms with Crippen LogP contribution in [0.15, 0.2) is 18.3 Å². The van der Waals surface area contributed by atoms with Gasteiger partial charge in [-0.1, -0.05) is 19.9 Å². The Bertz CT molecular complexity index is 635. The van der Waals surface area contributed by atoms with Crippen LogP contribution in [0.25, 0.3) is 0 Å². The summed E-state index contributed by atoms with van der Waals surface area (Å²) in [5.74, 6) is 1.11. The highest BCUT2D eigenvalue weighted by molar-refractivity contribution is 5.78. The van der Waals surface area contributed by atoms with Crippen molar-refractivity contribution in [3.05, 3.63) is 23.9 Å². The Morgan fingerprint density at radius 1 is 1.26 bits per heavy atom. The maximum Gasteiger partial charge on any atom is 0.225 e. The van der Waals surface area contributed by atoms with Gasteiger partial charge in [-0.25, -0.2) is 4.98 Å². The first-order valence-electron chi connectivity index (χ1n) is 9.74. The molecule has 2 aliphatic rings. The van der Waals surface area contributed by atoms with E-state index in [1.165, 1.54) is 5.56 Å². The maximum atomic E-state index is 12.5. The van der Waals surface area contributed by atoms with Crippen molar-refractivity contribution in [2.24, 2.45) is 5.92 Å². The number of morpholine rings is 1. The Morgan fingerprint density at radius 3 is 2.74 bits per heavy atom. The van der Waals surface area contributed by atoms with Gasteiger partial charge in [0.15, 0.2) is 0 Å². The molecule has 2 fully saturated rings. The molecule has 1 spiro atoms. The average molecular weight is 377 g/mol. The fourth-order valence-electron chi connectivity index (χ4n) is 3.73. The lowest BCUT2D eigenvalue weighted by Gasteiger charge is -2.43. The van der Waals surface area contributed by atoms with Crippen LogP contribution < -0.4 is 4.90 Å². The molecule has 7 heteroatoms. The fourth-order valence-corrected chi connectivity index (χ4v) is 3.73. The van der Waals surface area contributed by atoms with E-state index in [-0.39, 0.29) is 11.8 Å². The Hall–Kier alpha value is -1.70. The number of amides is 1. The maximum absolute atomic E-state index is 12.5. The number of aromatic nitrogens is 1. The van der Waals surface area contributed by atoms with Gasteiger partial charge >= 0.3 is 0 Å². The first-order chi connectivity index (χ1) is 12.9. The molecule has 0 bridgehead atoms. The largest absolute Gasteiger partial charge is 0.376 e. The van der Waals surface area contributed by atoms with Gasteiger partial charge in [-0.2, -0.15) is 0 Å². The van der Waals surface area contributed by atoms with Crippen LogP contribution in [0, 0.1) is 5.92 Å². The molecule has 1 amide bonds.